The second kappa shape index (κ2) is 6.26. The molecule has 19 heavy (non-hydrogen) atoms. The van der Waals surface area contributed by atoms with Gasteiger partial charge in [0.2, 0.25) is 0 Å². The van der Waals surface area contributed by atoms with E-state index in [2.05, 4.69) is 10.6 Å². The van der Waals surface area contributed by atoms with Crippen molar-refractivity contribution in [2.45, 2.75) is 51.5 Å². The molecule has 2 aliphatic rings. The summed E-state index contributed by atoms with van der Waals surface area (Å²) in [4.78, 5) is 22.8. The van der Waals surface area contributed by atoms with Gasteiger partial charge in [-0.25, -0.2) is 4.79 Å². The van der Waals surface area contributed by atoms with Gasteiger partial charge in [0.1, 0.15) is 0 Å². The Labute approximate surface area is 114 Å². The highest BCUT2D eigenvalue weighted by Crippen LogP contribution is 2.44. The molecule has 108 valence electrons. The highest BCUT2D eigenvalue weighted by molar-refractivity contribution is 5.76. The van der Waals surface area contributed by atoms with Crippen LogP contribution in [0.15, 0.2) is 0 Å². The first kappa shape index (κ1) is 14.2. The van der Waals surface area contributed by atoms with Crippen LogP contribution in [-0.2, 0) is 4.79 Å². The van der Waals surface area contributed by atoms with E-state index in [-0.39, 0.29) is 12.6 Å². The van der Waals surface area contributed by atoms with Crippen LogP contribution in [0.25, 0.3) is 0 Å². The predicted octanol–water partition coefficient (Wildman–Crippen LogP) is 1.98. The molecule has 3 N–H and O–H groups in total. The monoisotopic (exact) mass is 268 g/mol. The van der Waals surface area contributed by atoms with Crippen LogP contribution in [0.3, 0.4) is 0 Å². The second-order valence-electron chi connectivity index (χ2n) is 5.88. The van der Waals surface area contributed by atoms with E-state index < -0.39 is 11.9 Å². The molecule has 0 saturated heterocycles. The number of rotatable bonds is 8. The number of carbonyl (C=O) groups excluding carboxylic acids is 1. The van der Waals surface area contributed by atoms with Gasteiger partial charge < -0.3 is 15.7 Å². The Morgan fingerprint density at radius 3 is 2.21 bits per heavy atom. The zero-order valence-electron chi connectivity index (χ0n) is 11.5. The van der Waals surface area contributed by atoms with Crippen molar-refractivity contribution in [1.82, 2.24) is 10.6 Å². The van der Waals surface area contributed by atoms with E-state index in [0.29, 0.717) is 24.3 Å². The van der Waals surface area contributed by atoms with E-state index in [1.165, 1.54) is 25.7 Å². The Balaban J connectivity index is 1.72. The summed E-state index contributed by atoms with van der Waals surface area (Å²) in [6.45, 7) is 2.17. The molecule has 1 atom stereocenters. The first-order valence-electron chi connectivity index (χ1n) is 7.39. The summed E-state index contributed by atoms with van der Waals surface area (Å²) in [7, 11) is 0. The lowest BCUT2D eigenvalue weighted by molar-refractivity contribution is -0.141. The number of nitrogens with one attached hydrogen (secondary N) is 2. The maximum absolute atomic E-state index is 11.8. The summed E-state index contributed by atoms with van der Waals surface area (Å²) >= 11 is 0. The van der Waals surface area contributed by atoms with Crippen molar-refractivity contribution in [3.63, 3.8) is 0 Å². The third kappa shape index (κ3) is 4.40. The molecule has 0 aromatic heterocycles. The molecule has 2 amide bonds. The number of amides is 2. The number of carbonyl (C=O) groups is 2. The fraction of sp³-hybridized carbons (Fsp3) is 0.857. The van der Waals surface area contributed by atoms with Crippen LogP contribution in [0.4, 0.5) is 4.79 Å². The molecular formula is C14H24N2O3. The quantitative estimate of drug-likeness (QED) is 0.630. The van der Waals surface area contributed by atoms with Crippen LogP contribution < -0.4 is 10.6 Å². The third-order valence-electron chi connectivity index (χ3n) is 4.05. The van der Waals surface area contributed by atoms with Crippen LogP contribution in [0.2, 0.25) is 0 Å². The van der Waals surface area contributed by atoms with E-state index in [1.54, 1.807) is 0 Å². The van der Waals surface area contributed by atoms with Gasteiger partial charge in [-0.2, -0.15) is 0 Å². The molecule has 2 saturated carbocycles. The van der Waals surface area contributed by atoms with Crippen molar-refractivity contribution in [1.29, 1.82) is 0 Å². The van der Waals surface area contributed by atoms with Gasteiger partial charge in [-0.1, -0.05) is 13.3 Å². The van der Waals surface area contributed by atoms with Crippen molar-refractivity contribution in [3.05, 3.63) is 0 Å². The molecule has 5 heteroatoms. The Bertz CT molecular complexity index is 326. The summed E-state index contributed by atoms with van der Waals surface area (Å²) in [6.07, 6.45) is 6.28. The fourth-order valence-corrected chi connectivity index (χ4v) is 2.61. The van der Waals surface area contributed by atoms with Crippen LogP contribution in [0.1, 0.15) is 45.4 Å². The summed E-state index contributed by atoms with van der Waals surface area (Å²) in [5.41, 5.74) is 0. The Morgan fingerprint density at radius 1 is 1.21 bits per heavy atom. The first-order chi connectivity index (χ1) is 9.11. The minimum absolute atomic E-state index is 0.203. The van der Waals surface area contributed by atoms with Gasteiger partial charge in [0.05, 0.1) is 5.92 Å². The Morgan fingerprint density at radius 2 is 1.79 bits per heavy atom. The van der Waals surface area contributed by atoms with E-state index in [4.69, 9.17) is 5.11 Å². The summed E-state index contributed by atoms with van der Waals surface area (Å²) < 4.78 is 0. The zero-order chi connectivity index (χ0) is 13.8. The first-order valence-corrected chi connectivity index (χ1v) is 7.39. The van der Waals surface area contributed by atoms with E-state index in [0.717, 1.165) is 6.42 Å². The smallest absolute Gasteiger partial charge is 0.315 e. The number of hydrogen-bond acceptors (Lipinski definition) is 2. The molecule has 0 aromatic rings. The summed E-state index contributed by atoms with van der Waals surface area (Å²) in [6, 6.07) is 0.112. The van der Waals surface area contributed by atoms with Crippen molar-refractivity contribution in [2.75, 3.05) is 6.54 Å². The number of carboxylic acids is 1. The highest BCUT2D eigenvalue weighted by Gasteiger charge is 2.42. The van der Waals surface area contributed by atoms with Gasteiger partial charge in [-0.15, -0.1) is 0 Å². The molecule has 0 aromatic carbocycles. The molecule has 0 radical (unpaired) electrons. The normalized spacial score (nSPS) is 20.1. The van der Waals surface area contributed by atoms with Crippen LogP contribution in [0, 0.1) is 17.8 Å². The van der Waals surface area contributed by atoms with Gasteiger partial charge in [-0.05, 0) is 43.9 Å². The topological polar surface area (TPSA) is 78.4 Å². The standard InChI is InChI=1S/C14H24N2O3/c1-2-3-11(13(17)18)8-15-14(19)16-12(9-4-5-9)10-6-7-10/h9-12H,2-8H2,1H3,(H,17,18)(H2,15,16,19). The highest BCUT2D eigenvalue weighted by atomic mass is 16.4. The average molecular weight is 268 g/mol. The van der Waals surface area contributed by atoms with Gasteiger partial charge in [0.25, 0.3) is 0 Å². The van der Waals surface area contributed by atoms with Crippen LogP contribution in [0.5, 0.6) is 0 Å². The maximum atomic E-state index is 11.8. The molecular weight excluding hydrogens is 244 g/mol. The molecule has 0 heterocycles. The maximum Gasteiger partial charge on any atom is 0.315 e. The lowest BCUT2D eigenvalue weighted by atomic mass is 10.0. The van der Waals surface area contributed by atoms with Gasteiger partial charge >= 0.3 is 12.0 Å². The van der Waals surface area contributed by atoms with Gasteiger partial charge in [0.15, 0.2) is 0 Å². The SMILES string of the molecule is CCCC(CNC(=O)NC(C1CC1)C1CC1)C(=O)O. The molecule has 1 unspecified atom stereocenters. The van der Waals surface area contributed by atoms with Crippen LogP contribution >= 0.6 is 0 Å². The third-order valence-corrected chi connectivity index (χ3v) is 4.05. The zero-order valence-corrected chi connectivity index (χ0v) is 11.5. The number of carboxylic acid groups (broad SMARTS) is 1. The molecule has 0 bridgehead atoms. The Hall–Kier alpha value is -1.26. The molecule has 2 rings (SSSR count). The lowest BCUT2D eigenvalue weighted by Crippen LogP contribution is -2.46. The molecule has 5 nitrogen and oxygen atoms in total. The lowest BCUT2D eigenvalue weighted by Gasteiger charge is -2.19. The van der Waals surface area contributed by atoms with Gasteiger partial charge in [-0.3, -0.25) is 4.79 Å². The van der Waals surface area contributed by atoms with E-state index in [1.807, 2.05) is 6.92 Å². The number of aliphatic carboxylic acids is 1. The van der Waals surface area contributed by atoms with E-state index in [9.17, 15) is 9.59 Å². The molecule has 2 fully saturated rings. The minimum atomic E-state index is -0.830. The summed E-state index contributed by atoms with van der Waals surface area (Å²) in [5, 5.41) is 14.8. The minimum Gasteiger partial charge on any atom is -0.481 e. The van der Waals surface area contributed by atoms with Crippen LogP contribution in [-0.4, -0.2) is 29.7 Å². The van der Waals surface area contributed by atoms with Crippen molar-refractivity contribution < 1.29 is 14.7 Å². The molecule has 2 aliphatic carbocycles. The Kier molecular flexibility index (Phi) is 4.66. The largest absolute Gasteiger partial charge is 0.481 e. The number of urea groups is 1. The van der Waals surface area contributed by atoms with Crippen molar-refractivity contribution in [2.24, 2.45) is 17.8 Å². The van der Waals surface area contributed by atoms with Gasteiger partial charge in [0, 0.05) is 12.6 Å². The number of hydrogen-bond donors (Lipinski definition) is 3. The van der Waals surface area contributed by atoms with Crippen molar-refractivity contribution >= 4 is 12.0 Å². The fourth-order valence-electron chi connectivity index (χ4n) is 2.61. The van der Waals surface area contributed by atoms with E-state index >= 15 is 0 Å². The average Bonchev–Trinajstić information content (AvgIpc) is 3.24. The van der Waals surface area contributed by atoms with Crippen molar-refractivity contribution in [3.8, 4) is 0 Å². The second-order valence-corrected chi connectivity index (χ2v) is 5.88. The summed E-state index contributed by atoms with van der Waals surface area (Å²) in [5.74, 6) is 0.00691. The molecule has 0 aliphatic heterocycles. The molecule has 0 spiro atoms. The predicted molar refractivity (Wildman–Crippen MR) is 71.8 cm³/mol.